The summed E-state index contributed by atoms with van der Waals surface area (Å²) in [7, 11) is -3.31. The predicted molar refractivity (Wildman–Crippen MR) is 84.3 cm³/mol. The highest BCUT2D eigenvalue weighted by Crippen LogP contribution is 2.13. The third kappa shape index (κ3) is 4.84. The maximum atomic E-state index is 12.1. The maximum Gasteiger partial charge on any atom is 0.269 e. The van der Waals surface area contributed by atoms with E-state index in [1.807, 2.05) is 0 Å². The van der Waals surface area contributed by atoms with Gasteiger partial charge >= 0.3 is 0 Å². The Labute approximate surface area is 133 Å². The van der Waals surface area contributed by atoms with Crippen LogP contribution in [-0.4, -0.2) is 60.5 Å². The van der Waals surface area contributed by atoms with E-state index < -0.39 is 15.9 Å². The summed E-state index contributed by atoms with van der Waals surface area (Å²) >= 11 is 7.52. The molecule has 0 bridgehead atoms. The van der Waals surface area contributed by atoms with Gasteiger partial charge in [0.2, 0.25) is 10.0 Å². The van der Waals surface area contributed by atoms with Crippen LogP contribution in [-0.2, 0) is 10.0 Å². The van der Waals surface area contributed by atoms with Crippen LogP contribution in [0.4, 0.5) is 0 Å². The molecule has 2 heterocycles. The third-order valence-electron chi connectivity index (χ3n) is 2.96. The van der Waals surface area contributed by atoms with Crippen molar-refractivity contribution in [3.63, 3.8) is 0 Å². The number of hydrogen-bond acceptors (Lipinski definition) is 5. The second-order valence-corrected chi connectivity index (χ2v) is 8.19. The van der Waals surface area contributed by atoms with E-state index in [-0.39, 0.29) is 18.0 Å². The van der Waals surface area contributed by atoms with Crippen molar-refractivity contribution >= 4 is 39.3 Å². The quantitative estimate of drug-likeness (QED) is 0.852. The fraction of sp³-hybridized carbons (Fsp3) is 0.500. The number of halogens is 1. The number of nitrogens with zero attached hydrogens (tertiary/aromatic N) is 2. The second kappa shape index (κ2) is 7.44. The Morgan fingerprint density at radius 2 is 2.14 bits per heavy atom. The smallest absolute Gasteiger partial charge is 0.269 e. The van der Waals surface area contributed by atoms with Crippen molar-refractivity contribution in [3.8, 4) is 0 Å². The molecule has 21 heavy (non-hydrogen) atoms. The SMILES string of the molecule is O=C(NCCS(=O)(=O)N1CCSCC1)c1cc(Cl)ccn1. The number of aromatic nitrogens is 1. The van der Waals surface area contributed by atoms with Crippen LogP contribution in [0, 0.1) is 0 Å². The third-order valence-corrected chi connectivity index (χ3v) is 6.01. The van der Waals surface area contributed by atoms with Gasteiger partial charge in [0, 0.05) is 42.4 Å². The first-order valence-electron chi connectivity index (χ1n) is 6.44. The zero-order valence-electron chi connectivity index (χ0n) is 11.3. The lowest BCUT2D eigenvalue weighted by Gasteiger charge is -2.25. The average molecular weight is 350 g/mol. The first-order chi connectivity index (χ1) is 9.99. The lowest BCUT2D eigenvalue weighted by Crippen LogP contribution is -2.41. The number of carbonyl (C=O) groups excluding carboxylic acids is 1. The van der Waals surface area contributed by atoms with Crippen molar-refractivity contribution in [3.05, 3.63) is 29.0 Å². The summed E-state index contributed by atoms with van der Waals surface area (Å²) in [6.07, 6.45) is 1.43. The van der Waals surface area contributed by atoms with Crippen LogP contribution in [0.25, 0.3) is 0 Å². The molecule has 1 saturated heterocycles. The molecule has 2 rings (SSSR count). The molecule has 1 aromatic heterocycles. The van der Waals surface area contributed by atoms with Crippen LogP contribution in [0.3, 0.4) is 0 Å². The molecule has 0 saturated carbocycles. The van der Waals surface area contributed by atoms with E-state index in [1.54, 1.807) is 17.8 Å². The fourth-order valence-corrected chi connectivity index (χ4v) is 4.52. The number of sulfonamides is 1. The van der Waals surface area contributed by atoms with Crippen LogP contribution < -0.4 is 5.32 Å². The minimum absolute atomic E-state index is 0.0546. The number of amides is 1. The molecule has 1 fully saturated rings. The highest BCUT2D eigenvalue weighted by molar-refractivity contribution is 7.99. The molecule has 116 valence electrons. The molecule has 0 unspecified atom stereocenters. The zero-order chi connectivity index (χ0) is 15.3. The minimum Gasteiger partial charge on any atom is -0.350 e. The Morgan fingerprint density at radius 1 is 1.43 bits per heavy atom. The van der Waals surface area contributed by atoms with Crippen LogP contribution in [0.2, 0.25) is 5.02 Å². The van der Waals surface area contributed by atoms with Gasteiger partial charge in [0.05, 0.1) is 5.75 Å². The summed E-state index contributed by atoms with van der Waals surface area (Å²) in [5.41, 5.74) is 0.175. The first kappa shape index (κ1) is 16.5. The summed E-state index contributed by atoms with van der Waals surface area (Å²) < 4.78 is 25.7. The van der Waals surface area contributed by atoms with E-state index in [0.29, 0.717) is 18.1 Å². The Morgan fingerprint density at radius 3 is 2.81 bits per heavy atom. The highest BCUT2D eigenvalue weighted by atomic mass is 35.5. The number of pyridine rings is 1. The Hall–Kier alpha value is -0.830. The number of hydrogen-bond donors (Lipinski definition) is 1. The summed E-state index contributed by atoms with van der Waals surface area (Å²) in [6.45, 7) is 1.13. The number of carbonyl (C=O) groups is 1. The van der Waals surface area contributed by atoms with Crippen molar-refractivity contribution in [2.45, 2.75) is 0 Å². The van der Waals surface area contributed by atoms with Crippen molar-refractivity contribution in [1.29, 1.82) is 0 Å². The van der Waals surface area contributed by atoms with Gasteiger partial charge in [0.15, 0.2) is 0 Å². The molecule has 1 aliphatic heterocycles. The van der Waals surface area contributed by atoms with E-state index in [4.69, 9.17) is 11.6 Å². The van der Waals surface area contributed by atoms with E-state index in [0.717, 1.165) is 11.5 Å². The van der Waals surface area contributed by atoms with Gasteiger partial charge in [-0.15, -0.1) is 0 Å². The Balaban J connectivity index is 1.84. The summed E-state index contributed by atoms with van der Waals surface area (Å²) in [5, 5.41) is 2.96. The minimum atomic E-state index is -3.31. The van der Waals surface area contributed by atoms with Gasteiger partial charge in [0.25, 0.3) is 5.91 Å². The lowest BCUT2D eigenvalue weighted by atomic mass is 10.3. The van der Waals surface area contributed by atoms with Crippen LogP contribution >= 0.6 is 23.4 Å². The fourth-order valence-electron chi connectivity index (χ4n) is 1.87. The van der Waals surface area contributed by atoms with Crippen molar-refractivity contribution in [1.82, 2.24) is 14.6 Å². The standard InChI is InChI=1S/C12H16ClN3O3S2/c13-10-1-2-14-11(9-10)12(17)15-3-8-21(18,19)16-4-6-20-7-5-16/h1-2,9H,3-8H2,(H,15,17). The first-order valence-corrected chi connectivity index (χ1v) is 9.58. The molecule has 0 spiro atoms. The molecule has 1 aliphatic rings. The second-order valence-electron chi connectivity index (χ2n) is 4.44. The van der Waals surface area contributed by atoms with Gasteiger partial charge in [-0.2, -0.15) is 11.8 Å². The normalized spacial score (nSPS) is 16.6. The molecule has 0 radical (unpaired) electrons. The predicted octanol–water partition coefficient (Wildman–Crippen LogP) is 0.843. The van der Waals surface area contributed by atoms with E-state index in [9.17, 15) is 13.2 Å². The molecule has 0 aliphatic carbocycles. The average Bonchev–Trinajstić information content (AvgIpc) is 2.48. The van der Waals surface area contributed by atoms with E-state index in [1.165, 1.54) is 16.6 Å². The number of thioether (sulfide) groups is 1. The van der Waals surface area contributed by atoms with Crippen molar-refractivity contribution in [2.75, 3.05) is 36.9 Å². The van der Waals surface area contributed by atoms with Gasteiger partial charge in [-0.3, -0.25) is 9.78 Å². The number of rotatable bonds is 5. The van der Waals surface area contributed by atoms with Gasteiger partial charge in [-0.05, 0) is 12.1 Å². The summed E-state index contributed by atoms with van der Waals surface area (Å²) in [6, 6.07) is 3.00. The Bertz CT molecular complexity index is 604. The molecule has 1 N–H and O–H groups in total. The molecular formula is C12H16ClN3O3S2. The monoisotopic (exact) mass is 349 g/mol. The molecular weight excluding hydrogens is 334 g/mol. The van der Waals surface area contributed by atoms with Gasteiger partial charge in [-0.25, -0.2) is 12.7 Å². The van der Waals surface area contributed by atoms with Gasteiger partial charge in [0.1, 0.15) is 5.69 Å². The topological polar surface area (TPSA) is 79.4 Å². The molecule has 1 amide bonds. The number of nitrogens with one attached hydrogen (secondary N) is 1. The molecule has 9 heteroatoms. The zero-order valence-corrected chi connectivity index (χ0v) is 13.7. The summed E-state index contributed by atoms with van der Waals surface area (Å²) in [4.78, 5) is 15.7. The molecule has 1 aromatic rings. The van der Waals surface area contributed by atoms with Crippen LogP contribution in [0.1, 0.15) is 10.5 Å². The van der Waals surface area contributed by atoms with Gasteiger partial charge in [-0.1, -0.05) is 11.6 Å². The molecule has 6 nitrogen and oxygen atoms in total. The van der Waals surface area contributed by atoms with Crippen LogP contribution in [0.15, 0.2) is 18.3 Å². The Kier molecular flexibility index (Phi) is 5.86. The maximum absolute atomic E-state index is 12.1. The summed E-state index contributed by atoms with van der Waals surface area (Å²) in [5.74, 6) is 1.10. The lowest BCUT2D eigenvalue weighted by molar-refractivity contribution is 0.0951. The van der Waals surface area contributed by atoms with Gasteiger partial charge < -0.3 is 5.32 Å². The van der Waals surface area contributed by atoms with Crippen molar-refractivity contribution in [2.24, 2.45) is 0 Å². The highest BCUT2D eigenvalue weighted by Gasteiger charge is 2.23. The molecule has 0 atom stereocenters. The van der Waals surface area contributed by atoms with Crippen molar-refractivity contribution < 1.29 is 13.2 Å². The largest absolute Gasteiger partial charge is 0.350 e. The molecule has 0 aromatic carbocycles. The van der Waals surface area contributed by atoms with E-state index >= 15 is 0 Å². The van der Waals surface area contributed by atoms with Crippen LogP contribution in [0.5, 0.6) is 0 Å². The van der Waals surface area contributed by atoms with E-state index in [2.05, 4.69) is 10.3 Å².